The van der Waals surface area contributed by atoms with Crippen LogP contribution in [0.5, 0.6) is 5.75 Å². The highest BCUT2D eigenvalue weighted by Gasteiger charge is 2.07. The summed E-state index contributed by atoms with van der Waals surface area (Å²) < 4.78 is 5.18. The van der Waals surface area contributed by atoms with Crippen LogP contribution in [-0.4, -0.2) is 36.7 Å². The fraction of sp³-hybridized carbons (Fsp3) is 0.444. The highest BCUT2D eigenvalue weighted by Crippen LogP contribution is 2.15. The van der Waals surface area contributed by atoms with Gasteiger partial charge in [-0.3, -0.25) is 0 Å². The molecule has 124 valence electrons. The first-order chi connectivity index (χ1) is 11.2. The van der Waals surface area contributed by atoms with Gasteiger partial charge in [-0.2, -0.15) is 4.98 Å². The van der Waals surface area contributed by atoms with Crippen LogP contribution in [0.15, 0.2) is 30.3 Å². The summed E-state index contributed by atoms with van der Waals surface area (Å²) in [6.45, 7) is 8.89. The molecule has 0 bridgehead atoms. The third-order valence-electron chi connectivity index (χ3n) is 3.77. The van der Waals surface area contributed by atoms with Crippen LogP contribution >= 0.6 is 0 Å². The lowest BCUT2D eigenvalue weighted by Crippen LogP contribution is -2.25. The van der Waals surface area contributed by atoms with E-state index in [-0.39, 0.29) is 0 Å². The molecule has 0 aliphatic heterocycles. The number of aryl methyl sites for hydroxylation is 1. The number of methoxy groups -OCH3 is 1. The SMILES string of the molecule is CCN(CC)c1nc(C)cc(NCCc2ccc(OC)cc2)n1. The first-order valence-electron chi connectivity index (χ1n) is 8.13. The average Bonchev–Trinajstić information content (AvgIpc) is 2.56. The first-order valence-corrected chi connectivity index (χ1v) is 8.13. The van der Waals surface area contributed by atoms with Crippen molar-refractivity contribution >= 4 is 11.8 Å². The average molecular weight is 314 g/mol. The van der Waals surface area contributed by atoms with Gasteiger partial charge in [-0.25, -0.2) is 4.98 Å². The van der Waals surface area contributed by atoms with Crippen molar-refractivity contribution in [2.45, 2.75) is 27.2 Å². The van der Waals surface area contributed by atoms with E-state index in [1.807, 2.05) is 25.1 Å². The molecule has 23 heavy (non-hydrogen) atoms. The van der Waals surface area contributed by atoms with Crippen molar-refractivity contribution in [1.29, 1.82) is 0 Å². The van der Waals surface area contributed by atoms with Gasteiger partial charge in [-0.15, -0.1) is 0 Å². The lowest BCUT2D eigenvalue weighted by Gasteiger charge is -2.19. The number of nitrogens with one attached hydrogen (secondary N) is 1. The van der Waals surface area contributed by atoms with Gasteiger partial charge in [-0.1, -0.05) is 12.1 Å². The molecule has 0 saturated heterocycles. The Morgan fingerprint density at radius 2 is 1.78 bits per heavy atom. The smallest absolute Gasteiger partial charge is 0.227 e. The molecule has 2 aromatic rings. The zero-order valence-electron chi connectivity index (χ0n) is 14.5. The van der Waals surface area contributed by atoms with Crippen LogP contribution < -0.4 is 15.0 Å². The Labute approximate surface area is 138 Å². The monoisotopic (exact) mass is 314 g/mol. The van der Waals surface area contributed by atoms with Crippen molar-refractivity contribution in [2.75, 3.05) is 37.0 Å². The number of ether oxygens (including phenoxy) is 1. The number of hydrogen-bond acceptors (Lipinski definition) is 5. The first kappa shape index (κ1) is 17.1. The number of aromatic nitrogens is 2. The molecular formula is C18H26N4O. The van der Waals surface area contributed by atoms with Crippen LogP contribution in [0.1, 0.15) is 25.1 Å². The highest BCUT2D eigenvalue weighted by molar-refractivity contribution is 5.43. The fourth-order valence-corrected chi connectivity index (χ4v) is 2.42. The van der Waals surface area contributed by atoms with Crippen LogP contribution in [0.3, 0.4) is 0 Å². The van der Waals surface area contributed by atoms with Gasteiger partial charge in [0.05, 0.1) is 7.11 Å². The second-order valence-electron chi connectivity index (χ2n) is 5.39. The summed E-state index contributed by atoms with van der Waals surface area (Å²) in [4.78, 5) is 11.3. The van der Waals surface area contributed by atoms with Gasteiger partial charge in [0.1, 0.15) is 11.6 Å². The van der Waals surface area contributed by atoms with Crippen molar-refractivity contribution in [3.8, 4) is 5.75 Å². The maximum atomic E-state index is 5.18. The van der Waals surface area contributed by atoms with Crippen molar-refractivity contribution in [3.63, 3.8) is 0 Å². The molecule has 0 amide bonds. The Morgan fingerprint density at radius 3 is 2.39 bits per heavy atom. The zero-order chi connectivity index (χ0) is 16.7. The summed E-state index contributed by atoms with van der Waals surface area (Å²) in [7, 11) is 1.68. The van der Waals surface area contributed by atoms with E-state index in [9.17, 15) is 0 Å². The second-order valence-corrected chi connectivity index (χ2v) is 5.39. The van der Waals surface area contributed by atoms with E-state index in [1.54, 1.807) is 7.11 Å². The van der Waals surface area contributed by atoms with Gasteiger partial charge in [0.15, 0.2) is 0 Å². The number of anilines is 2. The van der Waals surface area contributed by atoms with Crippen molar-refractivity contribution in [1.82, 2.24) is 9.97 Å². The molecule has 1 heterocycles. The summed E-state index contributed by atoms with van der Waals surface area (Å²) in [5, 5.41) is 3.40. The van der Waals surface area contributed by atoms with Gasteiger partial charge in [0.2, 0.25) is 5.95 Å². The summed E-state index contributed by atoms with van der Waals surface area (Å²) in [6.07, 6.45) is 0.938. The van der Waals surface area contributed by atoms with E-state index in [4.69, 9.17) is 4.74 Å². The minimum Gasteiger partial charge on any atom is -0.497 e. The number of nitrogens with zero attached hydrogens (tertiary/aromatic N) is 3. The minimum absolute atomic E-state index is 0.793. The molecule has 1 N–H and O–H groups in total. The van der Waals surface area contributed by atoms with Crippen molar-refractivity contribution in [2.24, 2.45) is 0 Å². The topological polar surface area (TPSA) is 50.3 Å². The molecule has 2 rings (SSSR count). The van der Waals surface area contributed by atoms with E-state index in [0.717, 1.165) is 49.3 Å². The summed E-state index contributed by atoms with van der Waals surface area (Å²) in [5.41, 5.74) is 2.25. The molecule has 5 nitrogen and oxygen atoms in total. The molecule has 0 unspecified atom stereocenters. The molecular weight excluding hydrogens is 288 g/mol. The van der Waals surface area contributed by atoms with Gasteiger partial charge in [0.25, 0.3) is 0 Å². The zero-order valence-corrected chi connectivity index (χ0v) is 14.5. The largest absolute Gasteiger partial charge is 0.497 e. The van der Waals surface area contributed by atoms with E-state index in [1.165, 1.54) is 5.56 Å². The third-order valence-corrected chi connectivity index (χ3v) is 3.77. The normalized spacial score (nSPS) is 10.4. The van der Waals surface area contributed by atoms with Crippen LogP contribution in [0, 0.1) is 6.92 Å². The van der Waals surface area contributed by atoms with Crippen molar-refractivity contribution in [3.05, 3.63) is 41.6 Å². The van der Waals surface area contributed by atoms with E-state index >= 15 is 0 Å². The Balaban J connectivity index is 1.96. The molecule has 0 radical (unpaired) electrons. The second kappa shape index (κ2) is 8.36. The maximum Gasteiger partial charge on any atom is 0.227 e. The van der Waals surface area contributed by atoms with E-state index in [0.29, 0.717) is 0 Å². The molecule has 0 saturated carbocycles. The Hall–Kier alpha value is -2.30. The molecule has 0 spiro atoms. The molecule has 5 heteroatoms. The molecule has 0 atom stereocenters. The van der Waals surface area contributed by atoms with Crippen LogP contribution in [-0.2, 0) is 6.42 Å². The summed E-state index contributed by atoms with van der Waals surface area (Å²) in [6, 6.07) is 10.1. The third kappa shape index (κ3) is 4.84. The quantitative estimate of drug-likeness (QED) is 0.810. The van der Waals surface area contributed by atoms with Gasteiger partial charge >= 0.3 is 0 Å². The predicted octanol–water partition coefficient (Wildman–Crippen LogP) is 3.29. The number of hydrogen-bond donors (Lipinski definition) is 1. The Kier molecular flexibility index (Phi) is 6.20. The van der Waals surface area contributed by atoms with Gasteiger partial charge in [0, 0.05) is 31.4 Å². The number of rotatable bonds is 8. The molecule has 0 fully saturated rings. The summed E-state index contributed by atoms with van der Waals surface area (Å²) in [5.74, 6) is 2.56. The lowest BCUT2D eigenvalue weighted by molar-refractivity contribution is 0.414. The Morgan fingerprint density at radius 1 is 1.09 bits per heavy atom. The predicted molar refractivity (Wildman–Crippen MR) is 95.5 cm³/mol. The van der Waals surface area contributed by atoms with E-state index < -0.39 is 0 Å². The lowest BCUT2D eigenvalue weighted by atomic mass is 10.1. The minimum atomic E-state index is 0.793. The standard InChI is InChI=1S/C18H26N4O/c1-5-22(6-2)18-20-14(3)13-17(21-18)19-12-11-15-7-9-16(23-4)10-8-15/h7-10,13H,5-6,11-12H2,1-4H3,(H,19,20,21). The highest BCUT2D eigenvalue weighted by atomic mass is 16.5. The maximum absolute atomic E-state index is 5.18. The molecule has 1 aromatic heterocycles. The Bertz CT molecular complexity index is 609. The molecule has 0 aliphatic carbocycles. The number of benzene rings is 1. The molecule has 1 aromatic carbocycles. The van der Waals surface area contributed by atoms with Gasteiger partial charge < -0.3 is 15.0 Å². The van der Waals surface area contributed by atoms with Crippen LogP contribution in [0.4, 0.5) is 11.8 Å². The van der Waals surface area contributed by atoms with Crippen molar-refractivity contribution < 1.29 is 4.74 Å². The van der Waals surface area contributed by atoms with Crippen LogP contribution in [0.25, 0.3) is 0 Å². The summed E-state index contributed by atoms with van der Waals surface area (Å²) >= 11 is 0. The molecule has 0 aliphatic rings. The van der Waals surface area contributed by atoms with E-state index in [2.05, 4.69) is 46.2 Å². The van der Waals surface area contributed by atoms with Crippen LogP contribution in [0.2, 0.25) is 0 Å². The van der Waals surface area contributed by atoms with Gasteiger partial charge in [-0.05, 0) is 44.9 Å². The fourth-order valence-electron chi connectivity index (χ4n) is 2.42.